The molecule has 0 aromatic carbocycles. The molecule has 0 aromatic rings. The predicted octanol–water partition coefficient (Wildman–Crippen LogP) is 25.0. The van der Waals surface area contributed by atoms with Crippen LogP contribution in [0.25, 0.3) is 0 Å². The maximum Gasteiger partial charge on any atom is 0.305 e. The molecule has 0 radical (unpaired) electrons. The molecule has 3 N–H and O–H groups in total. The zero-order valence-electron chi connectivity index (χ0n) is 56.9. The molecule has 0 heterocycles. The summed E-state index contributed by atoms with van der Waals surface area (Å²) < 4.78 is 5.50. The maximum absolute atomic E-state index is 12.5. The van der Waals surface area contributed by atoms with Crippen LogP contribution in [-0.4, -0.2) is 47.4 Å². The lowest BCUT2D eigenvalue weighted by Crippen LogP contribution is -2.45. The van der Waals surface area contributed by atoms with Gasteiger partial charge in [-0.1, -0.05) is 365 Å². The van der Waals surface area contributed by atoms with Gasteiger partial charge in [0.25, 0.3) is 0 Å². The fourth-order valence-electron chi connectivity index (χ4n) is 12.1. The number of carbonyl (C=O) groups is 2. The van der Waals surface area contributed by atoms with Gasteiger partial charge in [-0.3, -0.25) is 9.59 Å². The summed E-state index contributed by atoms with van der Waals surface area (Å²) in [5.41, 5.74) is 0. The van der Waals surface area contributed by atoms with Crippen LogP contribution in [-0.2, 0) is 14.3 Å². The highest BCUT2D eigenvalue weighted by Crippen LogP contribution is 2.19. The second kappa shape index (κ2) is 73.5. The summed E-state index contributed by atoms with van der Waals surface area (Å²) in [5.74, 6) is -0.0166. The van der Waals surface area contributed by atoms with Gasteiger partial charge in [-0.25, -0.2) is 0 Å². The van der Waals surface area contributed by atoms with Gasteiger partial charge in [-0.05, 0) is 83.5 Å². The van der Waals surface area contributed by atoms with Crippen LogP contribution in [0.2, 0.25) is 0 Å². The molecule has 0 aliphatic heterocycles. The number of allylic oxidation sites excluding steroid dienone is 6. The Bertz CT molecular complexity index is 1360. The Labute approximate surface area is 525 Å². The number of aliphatic hydroxyl groups is 2. The van der Waals surface area contributed by atoms with Gasteiger partial charge in [0.15, 0.2) is 0 Å². The fourth-order valence-corrected chi connectivity index (χ4v) is 12.1. The Morgan fingerprint density at radius 1 is 0.333 bits per heavy atom. The molecule has 0 fully saturated rings. The maximum atomic E-state index is 12.5. The van der Waals surface area contributed by atoms with Crippen molar-refractivity contribution in [1.82, 2.24) is 5.32 Å². The van der Waals surface area contributed by atoms with Gasteiger partial charge in [0, 0.05) is 12.8 Å². The molecule has 0 spiro atoms. The van der Waals surface area contributed by atoms with Crippen LogP contribution < -0.4 is 5.32 Å². The zero-order chi connectivity index (χ0) is 60.6. The van der Waals surface area contributed by atoms with Crippen molar-refractivity contribution < 1.29 is 24.5 Å². The van der Waals surface area contributed by atoms with Crippen molar-refractivity contribution in [3.8, 4) is 0 Å². The molecule has 84 heavy (non-hydrogen) atoms. The van der Waals surface area contributed by atoms with E-state index < -0.39 is 12.1 Å². The van der Waals surface area contributed by atoms with Crippen LogP contribution >= 0.6 is 0 Å². The Morgan fingerprint density at radius 3 is 0.940 bits per heavy atom. The molecule has 6 heteroatoms. The summed E-state index contributed by atoms with van der Waals surface area (Å²) in [6, 6.07) is -0.539. The summed E-state index contributed by atoms with van der Waals surface area (Å²) >= 11 is 0. The van der Waals surface area contributed by atoms with E-state index in [0.717, 1.165) is 51.4 Å². The number of nitrogens with one attached hydrogen (secondary N) is 1. The molecule has 6 nitrogen and oxygen atoms in total. The second-order valence-corrected chi connectivity index (χ2v) is 26.3. The molecule has 0 aromatic heterocycles. The zero-order valence-corrected chi connectivity index (χ0v) is 56.9. The lowest BCUT2D eigenvalue weighted by atomic mass is 10.0. The number of amides is 1. The minimum atomic E-state index is -0.662. The van der Waals surface area contributed by atoms with E-state index in [1.807, 2.05) is 0 Å². The summed E-state index contributed by atoms with van der Waals surface area (Å²) in [4.78, 5) is 24.6. The molecule has 2 atom stereocenters. The smallest absolute Gasteiger partial charge is 0.305 e. The van der Waals surface area contributed by atoms with Crippen molar-refractivity contribution in [2.24, 2.45) is 0 Å². The summed E-state index contributed by atoms with van der Waals surface area (Å²) in [6.07, 6.45) is 95.1. The minimum absolute atomic E-state index is 0.0115. The van der Waals surface area contributed by atoms with E-state index in [-0.39, 0.29) is 18.5 Å². The first kappa shape index (κ1) is 82.1. The number of aliphatic hydroxyl groups excluding tert-OH is 2. The number of unbranched alkanes of at least 4 members (excludes halogenated alkanes) is 55. The molecule has 0 saturated heterocycles. The molecular formula is C78H149NO5. The van der Waals surface area contributed by atoms with Crippen LogP contribution in [0.4, 0.5) is 0 Å². The lowest BCUT2D eigenvalue weighted by molar-refractivity contribution is -0.143. The largest absolute Gasteiger partial charge is 0.466 e. The first-order valence-electron chi connectivity index (χ1n) is 38.2. The average molecular weight is 1180 g/mol. The Hall–Kier alpha value is -1.92. The third kappa shape index (κ3) is 69.2. The summed E-state index contributed by atoms with van der Waals surface area (Å²) in [6.45, 7) is 4.96. The molecule has 0 rings (SSSR count). The Morgan fingerprint density at radius 2 is 0.595 bits per heavy atom. The van der Waals surface area contributed by atoms with Crippen molar-refractivity contribution in [1.29, 1.82) is 0 Å². The molecule has 0 bridgehead atoms. The van der Waals surface area contributed by atoms with E-state index in [2.05, 4.69) is 55.6 Å². The number of carbonyl (C=O) groups excluding carboxylic acids is 2. The van der Waals surface area contributed by atoms with Gasteiger partial charge < -0.3 is 20.3 Å². The van der Waals surface area contributed by atoms with Crippen molar-refractivity contribution in [2.45, 2.75) is 437 Å². The van der Waals surface area contributed by atoms with Crippen LogP contribution in [0.5, 0.6) is 0 Å². The Balaban J connectivity index is 3.34. The van der Waals surface area contributed by atoms with Gasteiger partial charge in [0.2, 0.25) is 5.91 Å². The van der Waals surface area contributed by atoms with Gasteiger partial charge in [-0.2, -0.15) is 0 Å². The van der Waals surface area contributed by atoms with Crippen molar-refractivity contribution in [3.63, 3.8) is 0 Å². The lowest BCUT2D eigenvalue weighted by Gasteiger charge is -2.22. The standard InChI is InChI=1S/C78H149NO5/c1-3-5-7-9-11-13-15-17-19-38-42-46-50-54-58-62-66-70-76(81)75(74-80)79-77(82)71-67-63-59-55-51-47-43-40-36-34-32-30-28-26-24-22-21-23-25-27-29-31-33-35-37-41-45-49-53-57-61-65-69-73-84-78(83)72-68-64-60-56-52-48-44-39-20-18-16-14-12-10-8-6-4-2/h12,14,18,20,25,27,75-76,80-81H,3-11,13,15-17,19,21-24,26,28-74H2,1-2H3,(H,79,82)/b14-12-,20-18-,27-25-. The number of ether oxygens (including phenoxy) is 1. The second-order valence-electron chi connectivity index (χ2n) is 26.3. The number of hydrogen-bond donors (Lipinski definition) is 3. The van der Waals surface area contributed by atoms with Crippen molar-refractivity contribution >= 4 is 11.9 Å². The van der Waals surface area contributed by atoms with Crippen LogP contribution in [0.1, 0.15) is 425 Å². The van der Waals surface area contributed by atoms with Gasteiger partial charge in [0.05, 0.1) is 25.4 Å². The highest BCUT2D eigenvalue weighted by molar-refractivity contribution is 5.76. The summed E-state index contributed by atoms with van der Waals surface area (Å²) in [5, 5.41) is 23.4. The van der Waals surface area contributed by atoms with E-state index in [0.29, 0.717) is 25.9 Å². The predicted molar refractivity (Wildman–Crippen MR) is 370 cm³/mol. The van der Waals surface area contributed by atoms with Crippen LogP contribution in [0.15, 0.2) is 36.5 Å². The first-order valence-corrected chi connectivity index (χ1v) is 38.2. The number of rotatable bonds is 72. The SMILES string of the molecule is CCCCC/C=C\C/C=C\CCCCCCCCCC(=O)OCCCCCCCCCCCCCC/C=C\CCCCCCCCCCCCCCCCCCCC(=O)NC(CO)C(O)CCCCCCCCCCCCCCCCCCC. The number of hydrogen-bond acceptors (Lipinski definition) is 5. The van der Waals surface area contributed by atoms with Crippen molar-refractivity contribution in [3.05, 3.63) is 36.5 Å². The molecule has 0 saturated carbocycles. The molecule has 0 aliphatic rings. The molecule has 2 unspecified atom stereocenters. The highest BCUT2D eigenvalue weighted by atomic mass is 16.5. The van der Waals surface area contributed by atoms with Gasteiger partial charge in [0.1, 0.15) is 0 Å². The monoisotopic (exact) mass is 1180 g/mol. The topological polar surface area (TPSA) is 95.9 Å². The molecule has 1 amide bonds. The Kier molecular flexibility index (Phi) is 71.9. The first-order chi connectivity index (χ1) is 41.5. The van der Waals surface area contributed by atoms with E-state index in [1.165, 1.54) is 340 Å². The van der Waals surface area contributed by atoms with Gasteiger partial charge in [-0.15, -0.1) is 0 Å². The third-order valence-corrected chi connectivity index (χ3v) is 17.9. The molecule has 496 valence electrons. The summed E-state index contributed by atoms with van der Waals surface area (Å²) in [7, 11) is 0. The highest BCUT2D eigenvalue weighted by Gasteiger charge is 2.20. The fraction of sp³-hybridized carbons (Fsp3) is 0.897. The average Bonchev–Trinajstić information content (AvgIpc) is 3.51. The van der Waals surface area contributed by atoms with E-state index >= 15 is 0 Å². The third-order valence-electron chi connectivity index (χ3n) is 17.9. The minimum Gasteiger partial charge on any atom is -0.466 e. The van der Waals surface area contributed by atoms with Crippen LogP contribution in [0, 0.1) is 0 Å². The van der Waals surface area contributed by atoms with Gasteiger partial charge >= 0.3 is 5.97 Å². The van der Waals surface area contributed by atoms with E-state index in [4.69, 9.17) is 4.74 Å². The quantitative estimate of drug-likeness (QED) is 0.0320. The molecule has 0 aliphatic carbocycles. The molecular weight excluding hydrogens is 1030 g/mol. The van der Waals surface area contributed by atoms with Crippen molar-refractivity contribution in [2.75, 3.05) is 13.2 Å². The number of esters is 1. The van der Waals surface area contributed by atoms with E-state index in [9.17, 15) is 19.8 Å². The van der Waals surface area contributed by atoms with Crippen LogP contribution in [0.3, 0.4) is 0 Å². The van der Waals surface area contributed by atoms with E-state index in [1.54, 1.807) is 0 Å². The normalized spacial score (nSPS) is 12.7.